The van der Waals surface area contributed by atoms with Crippen molar-refractivity contribution in [2.24, 2.45) is 0 Å². The third kappa shape index (κ3) is 2.62. The molecule has 0 bridgehead atoms. The van der Waals surface area contributed by atoms with E-state index in [-0.39, 0.29) is 0 Å². The summed E-state index contributed by atoms with van der Waals surface area (Å²) in [6, 6.07) is 6.30. The third-order valence-electron chi connectivity index (χ3n) is 2.19. The molecule has 0 aromatic heterocycles. The van der Waals surface area contributed by atoms with E-state index in [2.05, 4.69) is 43.9 Å². The topological polar surface area (TPSA) is 12.0 Å². The van der Waals surface area contributed by atoms with Crippen LogP contribution >= 0.6 is 0 Å². The van der Waals surface area contributed by atoms with Crippen molar-refractivity contribution in [2.75, 3.05) is 11.9 Å². The second kappa shape index (κ2) is 4.13. The molecule has 0 aliphatic heterocycles. The van der Waals surface area contributed by atoms with E-state index >= 15 is 0 Å². The van der Waals surface area contributed by atoms with Gasteiger partial charge in [0.15, 0.2) is 0 Å². The van der Waals surface area contributed by atoms with Crippen molar-refractivity contribution in [2.45, 2.75) is 20.8 Å². The quantitative estimate of drug-likeness (QED) is 0.695. The van der Waals surface area contributed by atoms with Gasteiger partial charge in [0.25, 0.3) is 0 Å². The predicted octanol–water partition coefficient (Wildman–Crippen LogP) is 3.29. The Bertz CT molecular complexity index is 313. The first-order chi connectivity index (χ1) is 6.11. The van der Waals surface area contributed by atoms with Crippen molar-refractivity contribution in [1.82, 2.24) is 0 Å². The molecule has 0 aliphatic carbocycles. The van der Waals surface area contributed by atoms with Crippen LogP contribution in [0.3, 0.4) is 0 Å². The van der Waals surface area contributed by atoms with Crippen LogP contribution in [0.15, 0.2) is 30.4 Å². The van der Waals surface area contributed by atoms with Crippen molar-refractivity contribution in [3.05, 3.63) is 41.5 Å². The molecule has 1 N–H and O–H groups in total. The molecule has 0 radical (unpaired) electrons. The zero-order chi connectivity index (χ0) is 9.84. The number of hydrogen-bond donors (Lipinski definition) is 1. The van der Waals surface area contributed by atoms with E-state index in [0.29, 0.717) is 0 Å². The van der Waals surface area contributed by atoms with Gasteiger partial charge in [-0.25, -0.2) is 0 Å². The summed E-state index contributed by atoms with van der Waals surface area (Å²) in [6.07, 6.45) is 0. The molecule has 1 aromatic carbocycles. The zero-order valence-corrected chi connectivity index (χ0v) is 8.65. The highest BCUT2D eigenvalue weighted by Gasteiger charge is 1.98. The highest BCUT2D eigenvalue weighted by atomic mass is 14.9. The van der Waals surface area contributed by atoms with Crippen LogP contribution in [-0.2, 0) is 0 Å². The monoisotopic (exact) mass is 175 g/mol. The Morgan fingerprint density at radius 3 is 2.69 bits per heavy atom. The lowest BCUT2D eigenvalue weighted by Crippen LogP contribution is -2.03. The van der Waals surface area contributed by atoms with Crippen LogP contribution in [0, 0.1) is 13.8 Å². The molecule has 0 aliphatic rings. The van der Waals surface area contributed by atoms with Gasteiger partial charge >= 0.3 is 0 Å². The van der Waals surface area contributed by atoms with Gasteiger partial charge in [0.1, 0.15) is 0 Å². The van der Waals surface area contributed by atoms with Gasteiger partial charge in [-0.15, -0.1) is 0 Å². The maximum Gasteiger partial charge on any atom is 0.0375 e. The summed E-state index contributed by atoms with van der Waals surface area (Å²) in [5.74, 6) is 0. The normalized spacial score (nSPS) is 9.77. The van der Waals surface area contributed by atoms with Crippen LogP contribution in [0.2, 0.25) is 0 Å². The van der Waals surface area contributed by atoms with Gasteiger partial charge in [-0.1, -0.05) is 24.3 Å². The summed E-state index contributed by atoms with van der Waals surface area (Å²) < 4.78 is 0. The molecule has 13 heavy (non-hydrogen) atoms. The Hall–Kier alpha value is -1.24. The Balaban J connectivity index is 2.77. The van der Waals surface area contributed by atoms with E-state index in [0.717, 1.165) is 12.1 Å². The van der Waals surface area contributed by atoms with E-state index in [1.54, 1.807) is 0 Å². The lowest BCUT2D eigenvalue weighted by atomic mass is 10.1. The SMILES string of the molecule is C=C(C)CNc1cccc(C)c1C. The highest BCUT2D eigenvalue weighted by molar-refractivity contribution is 5.54. The maximum absolute atomic E-state index is 3.86. The number of aryl methyl sites for hydroxylation is 1. The van der Waals surface area contributed by atoms with Crippen LogP contribution in [0.5, 0.6) is 0 Å². The minimum Gasteiger partial charge on any atom is -0.381 e. The minimum atomic E-state index is 0.851. The summed E-state index contributed by atoms with van der Waals surface area (Å²) in [5, 5.41) is 3.35. The Kier molecular flexibility index (Phi) is 3.13. The molecule has 70 valence electrons. The van der Waals surface area contributed by atoms with Crippen molar-refractivity contribution < 1.29 is 0 Å². The van der Waals surface area contributed by atoms with Gasteiger partial charge in [-0.05, 0) is 38.0 Å². The molecule has 1 nitrogen and oxygen atoms in total. The number of nitrogens with one attached hydrogen (secondary N) is 1. The van der Waals surface area contributed by atoms with Gasteiger partial charge in [0.2, 0.25) is 0 Å². The Morgan fingerprint density at radius 2 is 2.08 bits per heavy atom. The number of hydrogen-bond acceptors (Lipinski definition) is 1. The van der Waals surface area contributed by atoms with Crippen molar-refractivity contribution in [3.63, 3.8) is 0 Å². The average Bonchev–Trinajstić information content (AvgIpc) is 2.07. The molecule has 0 amide bonds. The predicted molar refractivity (Wildman–Crippen MR) is 59.2 cm³/mol. The first-order valence-electron chi connectivity index (χ1n) is 4.55. The number of rotatable bonds is 3. The van der Waals surface area contributed by atoms with E-state index < -0.39 is 0 Å². The number of benzene rings is 1. The molecule has 0 fully saturated rings. The zero-order valence-electron chi connectivity index (χ0n) is 8.65. The maximum atomic E-state index is 3.86. The first-order valence-corrected chi connectivity index (χ1v) is 4.55. The average molecular weight is 175 g/mol. The van der Waals surface area contributed by atoms with Crippen LogP contribution in [0.1, 0.15) is 18.1 Å². The first kappa shape index (κ1) is 9.85. The summed E-state index contributed by atoms with van der Waals surface area (Å²) in [7, 11) is 0. The van der Waals surface area contributed by atoms with Gasteiger partial charge < -0.3 is 5.32 Å². The molecular formula is C12H17N. The van der Waals surface area contributed by atoms with Crippen molar-refractivity contribution >= 4 is 5.69 Å². The van der Waals surface area contributed by atoms with Gasteiger partial charge in [-0.2, -0.15) is 0 Å². The van der Waals surface area contributed by atoms with E-state index in [9.17, 15) is 0 Å². The fourth-order valence-electron chi connectivity index (χ4n) is 1.19. The summed E-state index contributed by atoms with van der Waals surface area (Å²) >= 11 is 0. The van der Waals surface area contributed by atoms with Crippen LogP contribution in [0.25, 0.3) is 0 Å². The fraction of sp³-hybridized carbons (Fsp3) is 0.333. The molecule has 1 rings (SSSR count). The van der Waals surface area contributed by atoms with Gasteiger partial charge in [-0.3, -0.25) is 0 Å². The molecule has 0 heterocycles. The van der Waals surface area contributed by atoms with E-state index in [4.69, 9.17) is 0 Å². The van der Waals surface area contributed by atoms with E-state index in [1.165, 1.54) is 16.8 Å². The molecule has 1 heteroatoms. The van der Waals surface area contributed by atoms with Crippen molar-refractivity contribution in [1.29, 1.82) is 0 Å². The smallest absolute Gasteiger partial charge is 0.0375 e. The van der Waals surface area contributed by atoms with Gasteiger partial charge in [0.05, 0.1) is 0 Å². The third-order valence-corrected chi connectivity index (χ3v) is 2.19. The summed E-state index contributed by atoms with van der Waals surface area (Å²) in [6.45, 7) is 11.0. The molecule has 0 saturated carbocycles. The summed E-state index contributed by atoms with van der Waals surface area (Å²) in [4.78, 5) is 0. The molecule has 1 aromatic rings. The van der Waals surface area contributed by atoms with Crippen LogP contribution in [0.4, 0.5) is 5.69 Å². The summed E-state index contributed by atoms with van der Waals surface area (Å²) in [5.41, 5.74) is 5.01. The molecule has 0 spiro atoms. The largest absolute Gasteiger partial charge is 0.381 e. The fourth-order valence-corrected chi connectivity index (χ4v) is 1.19. The molecule has 0 atom stereocenters. The standard InChI is InChI=1S/C12H17N/c1-9(2)8-13-12-7-5-6-10(3)11(12)4/h5-7,13H,1,8H2,2-4H3. The van der Waals surface area contributed by atoms with Crippen LogP contribution < -0.4 is 5.32 Å². The molecule has 0 unspecified atom stereocenters. The Morgan fingerprint density at radius 1 is 1.38 bits per heavy atom. The van der Waals surface area contributed by atoms with Crippen molar-refractivity contribution in [3.8, 4) is 0 Å². The number of anilines is 1. The van der Waals surface area contributed by atoms with Crippen LogP contribution in [-0.4, -0.2) is 6.54 Å². The molecule has 0 saturated heterocycles. The lowest BCUT2D eigenvalue weighted by Gasteiger charge is -2.10. The lowest BCUT2D eigenvalue weighted by molar-refractivity contribution is 1.19. The minimum absolute atomic E-state index is 0.851. The second-order valence-electron chi connectivity index (χ2n) is 3.56. The van der Waals surface area contributed by atoms with E-state index in [1.807, 2.05) is 6.92 Å². The molecular weight excluding hydrogens is 158 g/mol. The second-order valence-corrected chi connectivity index (χ2v) is 3.56. The Labute approximate surface area is 80.5 Å². The van der Waals surface area contributed by atoms with Gasteiger partial charge in [0, 0.05) is 12.2 Å². The highest BCUT2D eigenvalue weighted by Crippen LogP contribution is 2.17.